The maximum absolute atomic E-state index is 13.0. The van der Waals surface area contributed by atoms with Crippen molar-refractivity contribution in [2.75, 3.05) is 6.54 Å². The number of aryl methyl sites for hydroxylation is 1. The van der Waals surface area contributed by atoms with E-state index in [0.29, 0.717) is 13.1 Å². The number of hydrogen-bond donors (Lipinski definition) is 0. The molecule has 2 aromatic rings. The molecule has 2 aliphatic heterocycles. The highest BCUT2D eigenvalue weighted by atomic mass is 16.2. The van der Waals surface area contributed by atoms with Gasteiger partial charge in [0.15, 0.2) is 0 Å². The largest absolute Gasteiger partial charge is 0.331 e. The van der Waals surface area contributed by atoms with Crippen molar-refractivity contribution in [3.8, 4) is 0 Å². The predicted molar refractivity (Wildman–Crippen MR) is 95.7 cm³/mol. The number of rotatable bonds is 3. The lowest BCUT2D eigenvalue weighted by Crippen LogP contribution is -2.47. The lowest BCUT2D eigenvalue weighted by atomic mass is 9.98. The van der Waals surface area contributed by atoms with Crippen molar-refractivity contribution in [3.63, 3.8) is 0 Å². The van der Waals surface area contributed by atoms with Gasteiger partial charge in [0.2, 0.25) is 5.91 Å². The van der Waals surface area contributed by atoms with Gasteiger partial charge in [-0.1, -0.05) is 31.2 Å². The number of fused-ring (bicyclic) bond motifs is 2. The van der Waals surface area contributed by atoms with E-state index in [1.807, 2.05) is 18.0 Å². The first kappa shape index (κ1) is 16.2. The van der Waals surface area contributed by atoms with Crippen LogP contribution >= 0.6 is 0 Å². The van der Waals surface area contributed by atoms with Gasteiger partial charge in [-0.3, -0.25) is 9.69 Å². The van der Waals surface area contributed by atoms with Crippen LogP contribution < -0.4 is 0 Å². The molecule has 1 aromatic heterocycles. The van der Waals surface area contributed by atoms with Gasteiger partial charge in [0.1, 0.15) is 5.82 Å². The Bertz CT molecular complexity index is 804. The Hall–Kier alpha value is -2.27. The van der Waals surface area contributed by atoms with E-state index in [4.69, 9.17) is 0 Å². The summed E-state index contributed by atoms with van der Waals surface area (Å²) in [6, 6.07) is 8.43. The number of hydrogen-bond acceptors (Lipinski definition) is 4. The first-order valence-corrected chi connectivity index (χ1v) is 9.09. The molecule has 5 heteroatoms. The van der Waals surface area contributed by atoms with Crippen LogP contribution in [0.2, 0.25) is 0 Å². The molecule has 1 amide bonds. The number of carbonyl (C=O) groups excluding carboxylic acids is 1. The molecule has 0 saturated heterocycles. The summed E-state index contributed by atoms with van der Waals surface area (Å²) in [7, 11) is 0. The zero-order chi connectivity index (χ0) is 17.4. The van der Waals surface area contributed by atoms with Gasteiger partial charge in [-0.25, -0.2) is 9.97 Å². The fourth-order valence-corrected chi connectivity index (χ4v) is 3.79. The highest BCUT2D eigenvalue weighted by Gasteiger charge is 2.32. The quantitative estimate of drug-likeness (QED) is 0.863. The molecule has 3 heterocycles. The molecule has 0 N–H and O–H groups in total. The van der Waals surface area contributed by atoms with Gasteiger partial charge < -0.3 is 4.90 Å². The SMILES string of the molecule is CCc1ncc2c(n1)CN(C(=O)[C@@H](C)N1CCc3ccccc3C1)C2. The second kappa shape index (κ2) is 6.56. The van der Waals surface area contributed by atoms with E-state index >= 15 is 0 Å². The normalized spacial score (nSPS) is 17.9. The number of nitrogens with zero attached hydrogens (tertiary/aromatic N) is 4. The minimum Gasteiger partial charge on any atom is -0.331 e. The fraction of sp³-hybridized carbons (Fsp3) is 0.450. The molecular weight excluding hydrogens is 312 g/mol. The molecule has 0 aliphatic carbocycles. The van der Waals surface area contributed by atoms with E-state index in [2.05, 4.69) is 46.1 Å². The zero-order valence-electron chi connectivity index (χ0n) is 14.9. The van der Waals surface area contributed by atoms with Gasteiger partial charge >= 0.3 is 0 Å². The molecule has 25 heavy (non-hydrogen) atoms. The van der Waals surface area contributed by atoms with Gasteiger partial charge in [-0.05, 0) is 24.5 Å². The summed E-state index contributed by atoms with van der Waals surface area (Å²) in [5.74, 6) is 1.05. The Morgan fingerprint density at radius 1 is 1.16 bits per heavy atom. The summed E-state index contributed by atoms with van der Waals surface area (Å²) in [6.07, 6.45) is 3.72. The molecule has 0 saturated carbocycles. The second-order valence-corrected chi connectivity index (χ2v) is 6.97. The van der Waals surface area contributed by atoms with Crippen LogP contribution in [0.5, 0.6) is 0 Å². The Morgan fingerprint density at radius 2 is 1.96 bits per heavy atom. The molecule has 130 valence electrons. The van der Waals surface area contributed by atoms with Gasteiger partial charge in [-0.15, -0.1) is 0 Å². The monoisotopic (exact) mass is 336 g/mol. The van der Waals surface area contributed by atoms with Crippen LogP contribution in [0.4, 0.5) is 0 Å². The molecule has 1 aromatic carbocycles. The van der Waals surface area contributed by atoms with E-state index in [0.717, 1.165) is 43.0 Å². The van der Waals surface area contributed by atoms with Gasteiger partial charge in [0, 0.05) is 37.8 Å². The maximum Gasteiger partial charge on any atom is 0.240 e. The standard InChI is InChI=1S/C20H24N4O/c1-3-19-21-10-17-12-24(13-18(17)22-19)20(25)14(2)23-9-8-15-6-4-5-7-16(15)11-23/h4-7,10,14H,3,8-9,11-13H2,1-2H3/t14-/m1/s1. The van der Waals surface area contributed by atoms with Crippen molar-refractivity contribution in [2.45, 2.75) is 52.4 Å². The number of carbonyl (C=O) groups is 1. The Labute approximate surface area is 148 Å². The van der Waals surface area contributed by atoms with Gasteiger partial charge in [0.05, 0.1) is 18.3 Å². The molecule has 0 fully saturated rings. The average molecular weight is 336 g/mol. The van der Waals surface area contributed by atoms with Gasteiger partial charge in [-0.2, -0.15) is 0 Å². The number of aromatic nitrogens is 2. The average Bonchev–Trinajstić information content (AvgIpc) is 3.09. The molecule has 0 unspecified atom stereocenters. The van der Waals surface area contributed by atoms with Crippen molar-refractivity contribution in [1.29, 1.82) is 0 Å². The van der Waals surface area contributed by atoms with E-state index in [-0.39, 0.29) is 11.9 Å². The van der Waals surface area contributed by atoms with Crippen molar-refractivity contribution in [3.05, 3.63) is 58.7 Å². The zero-order valence-corrected chi connectivity index (χ0v) is 14.9. The first-order valence-electron chi connectivity index (χ1n) is 9.09. The Morgan fingerprint density at radius 3 is 2.76 bits per heavy atom. The van der Waals surface area contributed by atoms with Crippen LogP contribution in [0.25, 0.3) is 0 Å². The minimum atomic E-state index is -0.110. The van der Waals surface area contributed by atoms with Crippen molar-refractivity contribution >= 4 is 5.91 Å². The summed E-state index contributed by atoms with van der Waals surface area (Å²) in [4.78, 5) is 26.2. The third-order valence-electron chi connectivity index (χ3n) is 5.40. The minimum absolute atomic E-state index is 0.110. The summed E-state index contributed by atoms with van der Waals surface area (Å²) in [6.45, 7) is 7.11. The highest BCUT2D eigenvalue weighted by molar-refractivity contribution is 5.82. The molecule has 4 rings (SSSR count). The van der Waals surface area contributed by atoms with Crippen LogP contribution in [0.3, 0.4) is 0 Å². The van der Waals surface area contributed by atoms with Crippen LogP contribution in [-0.2, 0) is 37.3 Å². The van der Waals surface area contributed by atoms with E-state index < -0.39 is 0 Å². The molecular formula is C20H24N4O. The fourth-order valence-electron chi connectivity index (χ4n) is 3.79. The molecule has 0 radical (unpaired) electrons. The van der Waals surface area contributed by atoms with E-state index in [9.17, 15) is 4.79 Å². The summed E-state index contributed by atoms with van der Waals surface area (Å²) in [5.41, 5.74) is 4.85. The molecule has 5 nitrogen and oxygen atoms in total. The third kappa shape index (κ3) is 3.04. The summed E-state index contributed by atoms with van der Waals surface area (Å²) in [5, 5.41) is 0. The Balaban J connectivity index is 1.45. The van der Waals surface area contributed by atoms with E-state index in [1.165, 1.54) is 11.1 Å². The first-order chi connectivity index (χ1) is 12.2. The number of benzene rings is 1. The van der Waals surface area contributed by atoms with Crippen LogP contribution in [0, 0.1) is 0 Å². The summed E-state index contributed by atoms with van der Waals surface area (Å²) < 4.78 is 0. The molecule has 1 atom stereocenters. The van der Waals surface area contributed by atoms with E-state index in [1.54, 1.807) is 0 Å². The van der Waals surface area contributed by atoms with Crippen LogP contribution in [-0.4, -0.2) is 38.3 Å². The Kier molecular flexibility index (Phi) is 4.25. The lowest BCUT2D eigenvalue weighted by Gasteiger charge is -2.34. The molecule has 0 spiro atoms. The van der Waals surface area contributed by atoms with Crippen molar-refractivity contribution in [1.82, 2.24) is 19.8 Å². The second-order valence-electron chi connectivity index (χ2n) is 6.97. The third-order valence-corrected chi connectivity index (χ3v) is 5.40. The summed E-state index contributed by atoms with van der Waals surface area (Å²) >= 11 is 0. The smallest absolute Gasteiger partial charge is 0.240 e. The highest BCUT2D eigenvalue weighted by Crippen LogP contribution is 2.25. The maximum atomic E-state index is 13.0. The molecule has 0 bridgehead atoms. The predicted octanol–water partition coefficient (Wildman–Crippen LogP) is 2.33. The van der Waals surface area contributed by atoms with Crippen molar-refractivity contribution in [2.24, 2.45) is 0 Å². The lowest BCUT2D eigenvalue weighted by molar-refractivity contribution is -0.137. The topological polar surface area (TPSA) is 49.3 Å². The van der Waals surface area contributed by atoms with Crippen molar-refractivity contribution < 1.29 is 4.79 Å². The molecule has 2 aliphatic rings. The van der Waals surface area contributed by atoms with Crippen LogP contribution in [0.15, 0.2) is 30.5 Å². The van der Waals surface area contributed by atoms with Crippen LogP contribution in [0.1, 0.15) is 42.1 Å². The van der Waals surface area contributed by atoms with Gasteiger partial charge in [0.25, 0.3) is 0 Å². The number of amides is 1.